The summed E-state index contributed by atoms with van der Waals surface area (Å²) in [5, 5.41) is 27.6. The summed E-state index contributed by atoms with van der Waals surface area (Å²) < 4.78 is 23.6. The molecule has 3 amide bonds. The van der Waals surface area contributed by atoms with Gasteiger partial charge in [0.25, 0.3) is 0 Å². The highest BCUT2D eigenvalue weighted by Gasteiger charge is 2.16. The molecule has 0 spiro atoms. The van der Waals surface area contributed by atoms with E-state index in [0.29, 0.717) is 23.7 Å². The van der Waals surface area contributed by atoms with Crippen molar-refractivity contribution in [3.63, 3.8) is 0 Å². The van der Waals surface area contributed by atoms with Crippen molar-refractivity contribution in [3.05, 3.63) is 59.8 Å². The molecule has 0 fully saturated rings. The standard InChI is InChI=1S/C23H25N5O7S2/c1-13(29)24-21-26-18(19(36-21)15-6-10-17(11-7-15)37(2,34)35)12-5-14-3-8-16(9-4-14)25-20(27-22(30)31)28-23(32)33/h3-4,6-11,20,25,27-28H,5,12H2,1-2H3,(H,30,31)(H,32,33)(H,24,26,29). The number of hydrogen-bond donors (Lipinski definition) is 6. The van der Waals surface area contributed by atoms with Gasteiger partial charge in [-0.05, 0) is 48.2 Å². The number of amides is 3. The van der Waals surface area contributed by atoms with Gasteiger partial charge in [0.2, 0.25) is 5.91 Å². The first-order chi connectivity index (χ1) is 17.4. The van der Waals surface area contributed by atoms with Crippen LogP contribution in [0, 0.1) is 0 Å². The zero-order chi connectivity index (χ0) is 27.2. The molecule has 0 aliphatic rings. The van der Waals surface area contributed by atoms with Crippen LogP contribution in [0.2, 0.25) is 0 Å². The lowest BCUT2D eigenvalue weighted by molar-refractivity contribution is -0.114. The molecular formula is C23H25N5O7S2. The van der Waals surface area contributed by atoms with Crippen molar-refractivity contribution in [2.24, 2.45) is 0 Å². The maximum atomic E-state index is 11.8. The van der Waals surface area contributed by atoms with Crippen LogP contribution < -0.4 is 21.3 Å². The Bertz CT molecular complexity index is 1370. The number of nitrogens with one attached hydrogen (secondary N) is 4. The fraction of sp³-hybridized carbons (Fsp3) is 0.217. The Morgan fingerprint density at radius 1 is 0.946 bits per heavy atom. The lowest BCUT2D eigenvalue weighted by Gasteiger charge is -2.19. The van der Waals surface area contributed by atoms with E-state index in [1.54, 1.807) is 24.3 Å². The minimum absolute atomic E-state index is 0.206. The molecule has 0 atom stereocenters. The molecule has 1 heterocycles. The van der Waals surface area contributed by atoms with Gasteiger partial charge in [0.05, 0.1) is 15.5 Å². The number of benzene rings is 2. The lowest BCUT2D eigenvalue weighted by atomic mass is 10.1. The van der Waals surface area contributed by atoms with Gasteiger partial charge >= 0.3 is 12.2 Å². The van der Waals surface area contributed by atoms with Crippen molar-refractivity contribution < 1.29 is 33.0 Å². The highest BCUT2D eigenvalue weighted by molar-refractivity contribution is 7.90. The zero-order valence-electron chi connectivity index (χ0n) is 19.8. The summed E-state index contributed by atoms with van der Waals surface area (Å²) in [5.74, 6) is -0.254. The Labute approximate surface area is 216 Å². The van der Waals surface area contributed by atoms with Gasteiger partial charge in [-0.1, -0.05) is 35.6 Å². The number of carboxylic acid groups (broad SMARTS) is 2. The number of anilines is 2. The van der Waals surface area contributed by atoms with Crippen LogP contribution in [0.1, 0.15) is 18.2 Å². The molecule has 14 heteroatoms. The molecule has 12 nitrogen and oxygen atoms in total. The topological polar surface area (TPSA) is 187 Å². The largest absolute Gasteiger partial charge is 0.465 e. The fourth-order valence-electron chi connectivity index (χ4n) is 3.36. The van der Waals surface area contributed by atoms with E-state index in [0.717, 1.165) is 28.0 Å². The van der Waals surface area contributed by atoms with Crippen LogP contribution >= 0.6 is 11.3 Å². The predicted molar refractivity (Wildman–Crippen MR) is 139 cm³/mol. The van der Waals surface area contributed by atoms with Gasteiger partial charge in [-0.2, -0.15) is 0 Å². The van der Waals surface area contributed by atoms with Crippen LogP contribution in [-0.4, -0.2) is 54.3 Å². The number of thiazole rings is 1. The Morgan fingerprint density at radius 3 is 2.05 bits per heavy atom. The van der Waals surface area contributed by atoms with Crippen molar-refractivity contribution in [1.82, 2.24) is 15.6 Å². The Kier molecular flexibility index (Phi) is 8.68. The lowest BCUT2D eigenvalue weighted by Crippen LogP contribution is -2.52. The van der Waals surface area contributed by atoms with Gasteiger partial charge in [0, 0.05) is 18.9 Å². The van der Waals surface area contributed by atoms with E-state index in [4.69, 9.17) is 10.2 Å². The van der Waals surface area contributed by atoms with E-state index in [1.165, 1.54) is 30.4 Å². The third-order valence-corrected chi connectivity index (χ3v) is 7.17. The molecule has 0 saturated heterocycles. The summed E-state index contributed by atoms with van der Waals surface area (Å²) in [5.41, 5.74) is 2.94. The smallest absolute Gasteiger partial charge is 0.407 e. The van der Waals surface area contributed by atoms with E-state index >= 15 is 0 Å². The molecule has 0 unspecified atom stereocenters. The number of aromatic nitrogens is 1. The highest BCUT2D eigenvalue weighted by Crippen LogP contribution is 2.34. The van der Waals surface area contributed by atoms with Crippen molar-refractivity contribution in [1.29, 1.82) is 0 Å². The van der Waals surface area contributed by atoms with Gasteiger partial charge in [0.15, 0.2) is 21.3 Å². The first kappa shape index (κ1) is 27.4. The maximum Gasteiger partial charge on any atom is 0.407 e. The van der Waals surface area contributed by atoms with E-state index < -0.39 is 28.3 Å². The molecule has 1 aromatic heterocycles. The summed E-state index contributed by atoms with van der Waals surface area (Å²) in [6.07, 6.45) is -1.78. The molecule has 0 saturated carbocycles. The van der Waals surface area contributed by atoms with Crippen LogP contribution in [-0.2, 0) is 27.5 Å². The number of carbonyl (C=O) groups excluding carboxylic acids is 1. The Hall–Kier alpha value is -4.17. The molecule has 3 rings (SSSR count). The van der Waals surface area contributed by atoms with Crippen LogP contribution in [0.5, 0.6) is 0 Å². The summed E-state index contributed by atoms with van der Waals surface area (Å²) in [4.78, 5) is 38.8. The number of carbonyl (C=O) groups is 3. The summed E-state index contributed by atoms with van der Waals surface area (Å²) in [6.45, 7) is 1.39. The second kappa shape index (κ2) is 11.7. The van der Waals surface area contributed by atoms with Crippen molar-refractivity contribution in [2.75, 3.05) is 16.9 Å². The van der Waals surface area contributed by atoms with Crippen LogP contribution in [0.4, 0.5) is 20.4 Å². The SMILES string of the molecule is CC(=O)Nc1nc(CCc2ccc(NC(NC(=O)O)NC(=O)O)cc2)c(-c2ccc(S(C)(=O)=O)cc2)s1. The van der Waals surface area contributed by atoms with Gasteiger partial charge in [0.1, 0.15) is 0 Å². The quantitative estimate of drug-likeness (QED) is 0.207. The maximum absolute atomic E-state index is 11.8. The number of hydrogen-bond acceptors (Lipinski definition) is 8. The molecular weight excluding hydrogens is 522 g/mol. The predicted octanol–water partition coefficient (Wildman–Crippen LogP) is 3.19. The summed E-state index contributed by atoms with van der Waals surface area (Å²) in [7, 11) is -3.33. The average molecular weight is 548 g/mol. The van der Waals surface area contributed by atoms with Crippen LogP contribution in [0.15, 0.2) is 53.4 Å². The third-order valence-electron chi connectivity index (χ3n) is 4.98. The first-order valence-electron chi connectivity index (χ1n) is 10.8. The minimum atomic E-state index is -3.33. The van der Waals surface area contributed by atoms with Crippen LogP contribution in [0.3, 0.4) is 0 Å². The molecule has 3 aromatic rings. The Balaban J connectivity index is 1.76. The molecule has 0 bridgehead atoms. The second-order valence-electron chi connectivity index (χ2n) is 7.95. The van der Waals surface area contributed by atoms with Gasteiger partial charge in [-0.15, -0.1) is 0 Å². The number of nitrogens with zero attached hydrogens (tertiary/aromatic N) is 1. The summed E-state index contributed by atoms with van der Waals surface area (Å²) >= 11 is 1.30. The second-order valence-corrected chi connectivity index (χ2v) is 11.0. The van der Waals surface area contributed by atoms with E-state index in [1.807, 2.05) is 22.8 Å². The zero-order valence-corrected chi connectivity index (χ0v) is 21.4. The van der Waals surface area contributed by atoms with Crippen molar-refractivity contribution in [3.8, 4) is 10.4 Å². The molecule has 6 N–H and O–H groups in total. The highest BCUT2D eigenvalue weighted by atomic mass is 32.2. The number of rotatable bonds is 10. The van der Waals surface area contributed by atoms with Gasteiger partial charge < -0.3 is 20.8 Å². The Morgan fingerprint density at radius 2 is 1.54 bits per heavy atom. The van der Waals surface area contributed by atoms with Gasteiger partial charge in [-0.3, -0.25) is 15.4 Å². The molecule has 0 aliphatic carbocycles. The van der Waals surface area contributed by atoms with Gasteiger partial charge in [-0.25, -0.2) is 23.0 Å². The summed E-state index contributed by atoms with van der Waals surface area (Å²) in [6, 6.07) is 13.5. The van der Waals surface area contributed by atoms with Crippen LogP contribution in [0.25, 0.3) is 10.4 Å². The average Bonchev–Trinajstić information content (AvgIpc) is 3.19. The monoisotopic (exact) mass is 547 g/mol. The first-order valence-corrected chi connectivity index (χ1v) is 13.5. The molecule has 37 heavy (non-hydrogen) atoms. The normalized spacial score (nSPS) is 11.1. The molecule has 0 aliphatic heterocycles. The molecule has 0 radical (unpaired) electrons. The number of aryl methyl sites for hydroxylation is 2. The van der Waals surface area contributed by atoms with E-state index in [2.05, 4.69) is 15.6 Å². The van der Waals surface area contributed by atoms with Crippen molar-refractivity contribution in [2.45, 2.75) is 31.0 Å². The fourth-order valence-corrected chi connectivity index (χ4v) is 5.05. The molecule has 196 valence electrons. The number of sulfone groups is 1. The third kappa shape index (κ3) is 8.18. The van der Waals surface area contributed by atoms with E-state index in [-0.39, 0.29) is 10.8 Å². The minimum Gasteiger partial charge on any atom is -0.465 e. The van der Waals surface area contributed by atoms with E-state index in [9.17, 15) is 22.8 Å². The van der Waals surface area contributed by atoms with Crippen molar-refractivity contribution >= 4 is 50.1 Å². The molecule has 2 aromatic carbocycles.